The quantitative estimate of drug-likeness (QED) is 0.559. The highest BCUT2D eigenvalue weighted by Gasteiger charge is 2.24. The maximum Gasteiger partial charge on any atom is 0.287 e. The van der Waals surface area contributed by atoms with Crippen molar-refractivity contribution in [2.45, 2.75) is 19.0 Å². The van der Waals surface area contributed by atoms with E-state index in [2.05, 4.69) is 20.5 Å². The van der Waals surface area contributed by atoms with Gasteiger partial charge in [-0.1, -0.05) is 30.3 Å². The molecule has 162 valence electrons. The topological polar surface area (TPSA) is 96.7 Å². The van der Waals surface area contributed by atoms with E-state index in [1.165, 1.54) is 17.6 Å². The molecular formula is C22H24N4O4S. The Morgan fingerprint density at radius 2 is 1.94 bits per heavy atom. The third kappa shape index (κ3) is 6.00. The number of morpholine rings is 1. The van der Waals surface area contributed by atoms with Crippen molar-refractivity contribution in [3.05, 3.63) is 71.1 Å². The Labute approximate surface area is 184 Å². The summed E-state index contributed by atoms with van der Waals surface area (Å²) in [5.41, 5.74) is 1.84. The minimum atomic E-state index is -0.772. The summed E-state index contributed by atoms with van der Waals surface area (Å²) in [6, 6.07) is 12.0. The maximum atomic E-state index is 13.0. The van der Waals surface area contributed by atoms with Crippen LogP contribution in [0.15, 0.2) is 58.5 Å². The van der Waals surface area contributed by atoms with Gasteiger partial charge in [-0.2, -0.15) is 0 Å². The first-order valence-corrected chi connectivity index (χ1v) is 11.0. The SMILES string of the molecule is O=C(NC(Cc1ccccc1)C(=O)Nc1nc(CN2CCOCC2)cs1)c1ccco1. The number of furan rings is 1. The second-order valence-electron chi connectivity index (χ2n) is 7.21. The van der Waals surface area contributed by atoms with Gasteiger partial charge < -0.3 is 19.8 Å². The molecular weight excluding hydrogens is 416 g/mol. The van der Waals surface area contributed by atoms with Crippen LogP contribution in [-0.2, 0) is 22.5 Å². The van der Waals surface area contributed by atoms with Gasteiger partial charge in [-0.05, 0) is 17.7 Å². The molecule has 1 unspecified atom stereocenters. The Morgan fingerprint density at radius 1 is 1.13 bits per heavy atom. The number of benzene rings is 1. The number of hydrogen-bond acceptors (Lipinski definition) is 7. The predicted octanol–water partition coefficient (Wildman–Crippen LogP) is 2.55. The molecule has 1 aromatic carbocycles. The summed E-state index contributed by atoms with van der Waals surface area (Å²) in [4.78, 5) is 32.3. The zero-order chi connectivity index (χ0) is 21.5. The molecule has 2 aromatic heterocycles. The average Bonchev–Trinajstić information content (AvgIpc) is 3.47. The van der Waals surface area contributed by atoms with Crippen molar-refractivity contribution in [1.29, 1.82) is 0 Å². The Kier molecular flexibility index (Phi) is 7.08. The lowest BCUT2D eigenvalue weighted by Gasteiger charge is -2.25. The molecule has 0 bridgehead atoms. The number of nitrogens with zero attached hydrogens (tertiary/aromatic N) is 2. The van der Waals surface area contributed by atoms with E-state index < -0.39 is 11.9 Å². The van der Waals surface area contributed by atoms with Crippen LogP contribution in [0.4, 0.5) is 5.13 Å². The van der Waals surface area contributed by atoms with E-state index in [1.54, 1.807) is 12.1 Å². The number of thiazole rings is 1. The van der Waals surface area contributed by atoms with Crippen molar-refractivity contribution < 1.29 is 18.7 Å². The highest BCUT2D eigenvalue weighted by molar-refractivity contribution is 7.13. The van der Waals surface area contributed by atoms with Gasteiger partial charge in [-0.15, -0.1) is 11.3 Å². The number of ether oxygens (including phenoxy) is 1. The smallest absolute Gasteiger partial charge is 0.287 e. The third-order valence-electron chi connectivity index (χ3n) is 4.92. The third-order valence-corrected chi connectivity index (χ3v) is 5.73. The molecule has 1 aliphatic rings. The number of nitrogens with one attached hydrogen (secondary N) is 2. The fourth-order valence-electron chi connectivity index (χ4n) is 3.31. The highest BCUT2D eigenvalue weighted by Crippen LogP contribution is 2.18. The lowest BCUT2D eigenvalue weighted by atomic mass is 10.1. The van der Waals surface area contributed by atoms with Gasteiger partial charge in [0.05, 0.1) is 25.2 Å². The molecule has 2 N–H and O–H groups in total. The van der Waals surface area contributed by atoms with Gasteiger partial charge in [0.2, 0.25) is 5.91 Å². The van der Waals surface area contributed by atoms with Crippen molar-refractivity contribution in [1.82, 2.24) is 15.2 Å². The fraction of sp³-hybridized carbons (Fsp3) is 0.318. The molecule has 3 aromatic rings. The lowest BCUT2D eigenvalue weighted by Crippen LogP contribution is -2.45. The summed E-state index contributed by atoms with van der Waals surface area (Å²) in [5, 5.41) is 8.08. The number of amides is 2. The number of anilines is 1. The van der Waals surface area contributed by atoms with E-state index in [0.717, 1.165) is 44.1 Å². The molecule has 1 aliphatic heterocycles. The molecule has 1 atom stereocenters. The first kappa shape index (κ1) is 21.2. The van der Waals surface area contributed by atoms with Crippen molar-refractivity contribution in [3.8, 4) is 0 Å². The minimum Gasteiger partial charge on any atom is -0.459 e. The second kappa shape index (κ2) is 10.3. The molecule has 0 saturated carbocycles. The van der Waals surface area contributed by atoms with Crippen LogP contribution >= 0.6 is 11.3 Å². The van der Waals surface area contributed by atoms with Gasteiger partial charge in [0.1, 0.15) is 6.04 Å². The van der Waals surface area contributed by atoms with Crippen LogP contribution in [0, 0.1) is 0 Å². The largest absolute Gasteiger partial charge is 0.459 e. The minimum absolute atomic E-state index is 0.160. The van der Waals surface area contributed by atoms with Crippen LogP contribution in [0.5, 0.6) is 0 Å². The summed E-state index contributed by atoms with van der Waals surface area (Å²) in [6.45, 7) is 3.92. The zero-order valence-corrected chi connectivity index (χ0v) is 17.8. The highest BCUT2D eigenvalue weighted by atomic mass is 32.1. The molecule has 1 saturated heterocycles. The second-order valence-corrected chi connectivity index (χ2v) is 8.07. The number of carbonyl (C=O) groups excluding carboxylic acids is 2. The molecule has 4 rings (SSSR count). The molecule has 0 spiro atoms. The van der Waals surface area contributed by atoms with Crippen LogP contribution in [0.3, 0.4) is 0 Å². The Hall–Kier alpha value is -3.01. The van der Waals surface area contributed by atoms with Gasteiger partial charge in [0, 0.05) is 31.4 Å². The van der Waals surface area contributed by atoms with E-state index in [0.29, 0.717) is 11.6 Å². The molecule has 0 aliphatic carbocycles. The van der Waals surface area contributed by atoms with Gasteiger partial charge in [0.25, 0.3) is 5.91 Å². The number of rotatable bonds is 8. The maximum absolute atomic E-state index is 13.0. The standard InChI is InChI=1S/C22H24N4O4S/c27-20(25-22-23-17(15-31-22)14-26-8-11-29-12-9-26)18(13-16-5-2-1-3-6-16)24-21(28)19-7-4-10-30-19/h1-7,10,15,18H,8-9,11-14H2,(H,24,28)(H,23,25,27). The Morgan fingerprint density at radius 3 is 2.68 bits per heavy atom. The average molecular weight is 441 g/mol. The lowest BCUT2D eigenvalue weighted by molar-refractivity contribution is -0.118. The molecule has 9 heteroatoms. The molecule has 31 heavy (non-hydrogen) atoms. The van der Waals surface area contributed by atoms with Gasteiger partial charge in [0.15, 0.2) is 10.9 Å². The summed E-state index contributed by atoms with van der Waals surface area (Å²) in [6.07, 6.45) is 1.78. The summed E-state index contributed by atoms with van der Waals surface area (Å²) < 4.78 is 10.5. The van der Waals surface area contributed by atoms with Gasteiger partial charge in [-0.3, -0.25) is 14.5 Å². The summed E-state index contributed by atoms with van der Waals surface area (Å²) in [5.74, 6) is -0.600. The number of carbonyl (C=O) groups is 2. The van der Waals surface area contributed by atoms with Crippen LogP contribution in [0.1, 0.15) is 21.8 Å². The molecule has 2 amide bonds. The number of hydrogen-bond donors (Lipinski definition) is 2. The molecule has 0 radical (unpaired) electrons. The number of aromatic nitrogens is 1. The predicted molar refractivity (Wildman–Crippen MR) is 117 cm³/mol. The van der Waals surface area contributed by atoms with Crippen LogP contribution in [0.25, 0.3) is 0 Å². The van der Waals surface area contributed by atoms with Crippen molar-refractivity contribution >= 4 is 28.3 Å². The zero-order valence-electron chi connectivity index (χ0n) is 17.0. The van der Waals surface area contributed by atoms with E-state index >= 15 is 0 Å². The van der Waals surface area contributed by atoms with Gasteiger partial charge in [-0.25, -0.2) is 4.98 Å². The monoisotopic (exact) mass is 440 g/mol. The molecule has 1 fully saturated rings. The molecule has 8 nitrogen and oxygen atoms in total. The normalized spacial score (nSPS) is 15.4. The van der Waals surface area contributed by atoms with Crippen molar-refractivity contribution in [2.24, 2.45) is 0 Å². The molecule has 3 heterocycles. The first-order chi connectivity index (χ1) is 15.2. The van der Waals surface area contributed by atoms with Crippen molar-refractivity contribution in [2.75, 3.05) is 31.6 Å². The van der Waals surface area contributed by atoms with E-state index in [9.17, 15) is 9.59 Å². The van der Waals surface area contributed by atoms with Gasteiger partial charge >= 0.3 is 0 Å². The summed E-state index contributed by atoms with van der Waals surface area (Å²) in [7, 11) is 0. The van der Waals surface area contributed by atoms with Crippen LogP contribution in [0.2, 0.25) is 0 Å². The van der Waals surface area contributed by atoms with E-state index in [4.69, 9.17) is 9.15 Å². The van der Waals surface area contributed by atoms with E-state index in [1.807, 2.05) is 35.7 Å². The van der Waals surface area contributed by atoms with Crippen LogP contribution < -0.4 is 10.6 Å². The van der Waals surface area contributed by atoms with E-state index in [-0.39, 0.29) is 11.7 Å². The van der Waals surface area contributed by atoms with Crippen LogP contribution in [-0.4, -0.2) is 54.0 Å². The summed E-state index contributed by atoms with van der Waals surface area (Å²) >= 11 is 1.37. The Balaban J connectivity index is 1.41. The Bertz CT molecular complexity index is 984. The van der Waals surface area contributed by atoms with Crippen molar-refractivity contribution in [3.63, 3.8) is 0 Å². The first-order valence-electron chi connectivity index (χ1n) is 10.1. The fourth-order valence-corrected chi connectivity index (χ4v) is 4.02.